The van der Waals surface area contributed by atoms with E-state index in [1.165, 1.54) is 24.2 Å². The van der Waals surface area contributed by atoms with Gasteiger partial charge in [0.1, 0.15) is 0 Å². The number of hydrogen-bond acceptors (Lipinski definition) is 5. The quantitative estimate of drug-likeness (QED) is 0.923. The largest absolute Gasteiger partial charge is 0.465 e. The Hall–Kier alpha value is -2.05. The third-order valence-electron chi connectivity index (χ3n) is 4.27. The van der Waals surface area contributed by atoms with Gasteiger partial charge in [0.25, 0.3) is 0 Å². The molecule has 2 aliphatic heterocycles. The summed E-state index contributed by atoms with van der Waals surface area (Å²) in [4.78, 5) is 23.3. The summed E-state index contributed by atoms with van der Waals surface area (Å²) in [6, 6.07) is 0.249. The maximum absolute atomic E-state index is 11.2. The lowest BCUT2D eigenvalue weighted by molar-refractivity contribution is 0.000520. The minimum atomic E-state index is -0.949. The molecular formula is C15H22N4O3. The molecule has 3 heterocycles. The maximum atomic E-state index is 11.2. The number of piperidine rings is 2. The third-order valence-corrected chi connectivity index (χ3v) is 4.27. The summed E-state index contributed by atoms with van der Waals surface area (Å²) in [5.74, 6) is 0. The number of nitrogens with zero attached hydrogens (tertiary/aromatic N) is 4. The number of ether oxygens (including phenoxy) is 1. The number of hydrogen-bond donors (Lipinski definition) is 1. The van der Waals surface area contributed by atoms with E-state index in [1.807, 2.05) is 0 Å². The Morgan fingerprint density at radius 3 is 2.45 bits per heavy atom. The summed E-state index contributed by atoms with van der Waals surface area (Å²) in [6.45, 7) is 2.59. The van der Waals surface area contributed by atoms with Crippen molar-refractivity contribution in [3.63, 3.8) is 0 Å². The number of anilines is 1. The summed E-state index contributed by atoms with van der Waals surface area (Å²) >= 11 is 0. The Bertz CT molecular complexity index is 502. The molecule has 120 valence electrons. The summed E-state index contributed by atoms with van der Waals surface area (Å²) in [7, 11) is 0. The average molecular weight is 306 g/mol. The molecule has 2 saturated heterocycles. The Morgan fingerprint density at radius 2 is 1.77 bits per heavy atom. The van der Waals surface area contributed by atoms with Crippen LogP contribution in [0.3, 0.4) is 0 Å². The highest BCUT2D eigenvalue weighted by Crippen LogP contribution is 2.22. The van der Waals surface area contributed by atoms with Crippen LogP contribution in [0.5, 0.6) is 6.01 Å². The molecule has 0 aromatic carbocycles. The van der Waals surface area contributed by atoms with E-state index in [0.29, 0.717) is 13.0 Å². The summed E-state index contributed by atoms with van der Waals surface area (Å²) in [6.07, 6.45) is 8.31. The first-order valence-corrected chi connectivity index (χ1v) is 7.97. The van der Waals surface area contributed by atoms with Gasteiger partial charge in [-0.2, -0.15) is 0 Å². The molecule has 1 aromatic heterocycles. The molecule has 0 aliphatic carbocycles. The predicted octanol–water partition coefficient (Wildman–Crippen LogP) is 2.34. The van der Waals surface area contributed by atoms with Crippen molar-refractivity contribution in [2.45, 2.75) is 44.8 Å². The Kier molecular flexibility index (Phi) is 4.60. The van der Waals surface area contributed by atoms with Crippen molar-refractivity contribution >= 4 is 11.8 Å². The molecule has 1 amide bonds. The van der Waals surface area contributed by atoms with E-state index in [0.717, 1.165) is 31.6 Å². The average Bonchev–Trinajstić information content (AvgIpc) is 2.57. The van der Waals surface area contributed by atoms with Crippen molar-refractivity contribution in [2.24, 2.45) is 0 Å². The minimum Gasteiger partial charge on any atom is -0.465 e. The molecule has 1 atom stereocenters. The van der Waals surface area contributed by atoms with Crippen LogP contribution in [0, 0.1) is 0 Å². The molecule has 0 radical (unpaired) electrons. The molecule has 0 bridgehead atoms. The number of carbonyl (C=O) groups is 1. The van der Waals surface area contributed by atoms with E-state index >= 15 is 0 Å². The highest BCUT2D eigenvalue weighted by Gasteiger charge is 2.28. The van der Waals surface area contributed by atoms with Crippen molar-refractivity contribution in [1.82, 2.24) is 14.9 Å². The third kappa shape index (κ3) is 3.40. The van der Waals surface area contributed by atoms with Gasteiger partial charge in [0, 0.05) is 26.1 Å². The molecule has 0 spiro atoms. The van der Waals surface area contributed by atoms with Gasteiger partial charge in [-0.15, -0.1) is 0 Å². The van der Waals surface area contributed by atoms with Crippen molar-refractivity contribution in [3.05, 3.63) is 12.4 Å². The number of aromatic nitrogens is 2. The van der Waals surface area contributed by atoms with Crippen molar-refractivity contribution in [2.75, 3.05) is 24.5 Å². The standard InChI is InChI=1S/C15H22N4O3/c20-15(21)19-9-5-2-6-13(19)22-14-16-10-12(11-17-14)18-7-3-1-4-8-18/h10-11,13H,1-9H2,(H,20,21). The smallest absolute Gasteiger partial charge is 0.410 e. The first kappa shape index (κ1) is 14.9. The Morgan fingerprint density at radius 1 is 1.09 bits per heavy atom. The summed E-state index contributed by atoms with van der Waals surface area (Å²) < 4.78 is 5.68. The van der Waals surface area contributed by atoms with Crippen LogP contribution in [0.25, 0.3) is 0 Å². The minimum absolute atomic E-state index is 0.249. The highest BCUT2D eigenvalue weighted by molar-refractivity contribution is 5.65. The van der Waals surface area contributed by atoms with E-state index in [9.17, 15) is 9.90 Å². The van der Waals surface area contributed by atoms with Gasteiger partial charge in [-0.3, -0.25) is 4.90 Å². The lowest BCUT2D eigenvalue weighted by Crippen LogP contribution is -2.46. The first-order chi connectivity index (χ1) is 10.7. The van der Waals surface area contributed by atoms with Crippen molar-refractivity contribution < 1.29 is 14.6 Å². The zero-order valence-corrected chi connectivity index (χ0v) is 12.6. The van der Waals surface area contributed by atoms with Crippen molar-refractivity contribution in [3.8, 4) is 6.01 Å². The fraction of sp³-hybridized carbons (Fsp3) is 0.667. The zero-order chi connectivity index (χ0) is 15.4. The maximum Gasteiger partial charge on any atom is 0.410 e. The molecule has 0 saturated carbocycles. The van der Waals surface area contributed by atoms with Gasteiger partial charge < -0.3 is 14.7 Å². The van der Waals surface area contributed by atoms with E-state index in [-0.39, 0.29) is 6.01 Å². The van der Waals surface area contributed by atoms with Crippen LogP contribution in [0.2, 0.25) is 0 Å². The molecule has 7 heteroatoms. The fourth-order valence-electron chi connectivity index (χ4n) is 3.05. The zero-order valence-electron chi connectivity index (χ0n) is 12.6. The summed E-state index contributed by atoms with van der Waals surface area (Å²) in [5.41, 5.74) is 1.01. The van der Waals surface area contributed by atoms with Crippen molar-refractivity contribution in [1.29, 1.82) is 0 Å². The second-order valence-corrected chi connectivity index (χ2v) is 5.82. The van der Waals surface area contributed by atoms with Gasteiger partial charge in [0.05, 0.1) is 18.1 Å². The van der Waals surface area contributed by atoms with Crippen LogP contribution in [0.4, 0.5) is 10.5 Å². The Labute approximate surface area is 129 Å². The van der Waals surface area contributed by atoms with Gasteiger partial charge in [-0.25, -0.2) is 14.8 Å². The number of amides is 1. The second kappa shape index (κ2) is 6.81. The van der Waals surface area contributed by atoms with Gasteiger partial charge in [0.2, 0.25) is 0 Å². The highest BCUT2D eigenvalue weighted by atomic mass is 16.5. The van der Waals surface area contributed by atoms with E-state index in [4.69, 9.17) is 4.74 Å². The van der Waals surface area contributed by atoms with Gasteiger partial charge in [-0.05, 0) is 32.1 Å². The predicted molar refractivity (Wildman–Crippen MR) is 81.1 cm³/mol. The monoisotopic (exact) mass is 306 g/mol. The van der Waals surface area contributed by atoms with Crippen LogP contribution < -0.4 is 9.64 Å². The van der Waals surface area contributed by atoms with Crippen LogP contribution >= 0.6 is 0 Å². The molecule has 1 unspecified atom stereocenters. The molecule has 3 rings (SSSR count). The van der Waals surface area contributed by atoms with Gasteiger partial charge >= 0.3 is 12.1 Å². The lowest BCUT2D eigenvalue weighted by atomic mass is 10.1. The number of carboxylic acid groups (broad SMARTS) is 1. The SMILES string of the molecule is O=C(O)N1CCCCC1Oc1ncc(N2CCCCC2)cn1. The van der Waals surface area contributed by atoms with Crippen LogP contribution in [0.1, 0.15) is 38.5 Å². The van der Waals surface area contributed by atoms with Crippen LogP contribution in [-0.4, -0.2) is 51.9 Å². The van der Waals surface area contributed by atoms with Gasteiger partial charge in [0.15, 0.2) is 6.23 Å². The van der Waals surface area contributed by atoms with E-state index in [2.05, 4.69) is 14.9 Å². The molecule has 2 fully saturated rings. The molecule has 1 aromatic rings. The Balaban J connectivity index is 1.63. The lowest BCUT2D eigenvalue weighted by Gasteiger charge is -2.32. The normalized spacial score (nSPS) is 22.5. The van der Waals surface area contributed by atoms with E-state index in [1.54, 1.807) is 12.4 Å². The van der Waals surface area contributed by atoms with E-state index < -0.39 is 12.3 Å². The first-order valence-electron chi connectivity index (χ1n) is 7.97. The molecular weight excluding hydrogens is 284 g/mol. The molecule has 2 aliphatic rings. The number of likely N-dealkylation sites (tertiary alicyclic amines) is 1. The number of rotatable bonds is 3. The van der Waals surface area contributed by atoms with Crippen LogP contribution in [0.15, 0.2) is 12.4 Å². The molecule has 1 N–H and O–H groups in total. The van der Waals surface area contributed by atoms with Gasteiger partial charge in [-0.1, -0.05) is 0 Å². The second-order valence-electron chi connectivity index (χ2n) is 5.82. The van der Waals surface area contributed by atoms with Crippen LogP contribution in [-0.2, 0) is 0 Å². The molecule has 7 nitrogen and oxygen atoms in total. The fourth-order valence-corrected chi connectivity index (χ4v) is 3.05. The summed E-state index contributed by atoms with van der Waals surface area (Å²) in [5, 5.41) is 9.20. The topological polar surface area (TPSA) is 78.8 Å². The molecule has 22 heavy (non-hydrogen) atoms.